The summed E-state index contributed by atoms with van der Waals surface area (Å²) >= 11 is 12.0. The Morgan fingerprint density at radius 2 is 1.84 bits per heavy atom. The predicted octanol–water partition coefficient (Wildman–Crippen LogP) is 2.67. The topological polar surface area (TPSA) is 61.2 Å². The quantitative estimate of drug-likeness (QED) is 0.872. The van der Waals surface area contributed by atoms with Crippen LogP contribution in [0, 0.1) is 0 Å². The van der Waals surface area contributed by atoms with E-state index in [0.717, 1.165) is 10.2 Å². The second kappa shape index (κ2) is 5.03. The third kappa shape index (κ3) is 2.70. The van der Waals surface area contributed by atoms with E-state index in [2.05, 4.69) is 4.98 Å². The lowest BCUT2D eigenvalue weighted by molar-refractivity contribution is 0.415. The van der Waals surface area contributed by atoms with Gasteiger partial charge >= 0.3 is 0 Å². The van der Waals surface area contributed by atoms with E-state index in [1.54, 1.807) is 12.1 Å². The highest BCUT2D eigenvalue weighted by Crippen LogP contribution is 2.36. The molecule has 0 aliphatic carbocycles. The molecule has 2 rings (SSSR count). The number of hydrogen-bond donors (Lipinski definition) is 0. The molecule has 0 N–H and O–H groups in total. The van der Waals surface area contributed by atoms with Gasteiger partial charge in [-0.25, -0.2) is 17.4 Å². The van der Waals surface area contributed by atoms with Crippen LogP contribution in [0.1, 0.15) is 0 Å². The van der Waals surface area contributed by atoms with Crippen molar-refractivity contribution < 1.29 is 13.2 Å². The molecule has 0 amide bonds. The monoisotopic (exact) mass is 320 g/mol. The first kappa shape index (κ1) is 14.2. The number of nitrogens with zero attached hydrogens (tertiary/aromatic N) is 2. The molecular weight excluding hydrogens is 311 g/mol. The molecule has 1 heterocycles. The third-order valence-electron chi connectivity index (χ3n) is 2.43. The van der Waals surface area contributed by atoms with Crippen molar-refractivity contribution >= 4 is 33.2 Å². The first-order valence-corrected chi connectivity index (χ1v) is 7.72. The molecule has 0 spiro atoms. The molecule has 0 saturated heterocycles. The summed E-state index contributed by atoms with van der Waals surface area (Å²) in [6.07, 6.45) is 3.84. The number of halogens is 2. The Balaban J connectivity index is 2.65. The SMILES string of the molecule is COc1c(Cl)cc(-c2nccn2S(C)(=O)=O)cc1Cl. The van der Waals surface area contributed by atoms with Gasteiger partial charge in [-0.3, -0.25) is 0 Å². The highest BCUT2D eigenvalue weighted by atomic mass is 35.5. The van der Waals surface area contributed by atoms with Crippen molar-refractivity contribution in [1.82, 2.24) is 8.96 Å². The molecule has 0 bridgehead atoms. The highest BCUT2D eigenvalue weighted by Gasteiger charge is 2.16. The van der Waals surface area contributed by atoms with Gasteiger partial charge < -0.3 is 4.74 Å². The number of ether oxygens (including phenoxy) is 1. The van der Waals surface area contributed by atoms with Crippen LogP contribution in [0.15, 0.2) is 24.5 Å². The van der Waals surface area contributed by atoms with Gasteiger partial charge in [-0.1, -0.05) is 23.2 Å². The number of aromatic nitrogens is 2. The fourth-order valence-electron chi connectivity index (χ4n) is 1.65. The molecule has 1 aromatic heterocycles. The van der Waals surface area contributed by atoms with Crippen LogP contribution in [0.3, 0.4) is 0 Å². The first-order valence-electron chi connectivity index (χ1n) is 5.12. The van der Waals surface area contributed by atoms with Crippen LogP contribution in [0.4, 0.5) is 0 Å². The van der Waals surface area contributed by atoms with Crippen LogP contribution in [0.5, 0.6) is 5.75 Å². The Labute approximate surface area is 120 Å². The van der Waals surface area contributed by atoms with Gasteiger partial charge in [-0.15, -0.1) is 0 Å². The van der Waals surface area contributed by atoms with Crippen molar-refractivity contribution in [2.24, 2.45) is 0 Å². The zero-order chi connectivity index (χ0) is 14.2. The van der Waals surface area contributed by atoms with Gasteiger partial charge in [0.2, 0.25) is 10.0 Å². The first-order chi connectivity index (χ1) is 8.84. The maximum Gasteiger partial charge on any atom is 0.237 e. The Hall–Kier alpha value is -1.24. The van der Waals surface area contributed by atoms with E-state index < -0.39 is 10.0 Å². The summed E-state index contributed by atoms with van der Waals surface area (Å²) in [4.78, 5) is 4.02. The van der Waals surface area contributed by atoms with E-state index in [-0.39, 0.29) is 15.9 Å². The Bertz CT molecular complexity index is 702. The third-order valence-corrected chi connectivity index (χ3v) is 4.00. The van der Waals surface area contributed by atoms with Gasteiger partial charge in [-0.2, -0.15) is 0 Å². The molecule has 2 aromatic rings. The van der Waals surface area contributed by atoms with Crippen molar-refractivity contribution in [2.45, 2.75) is 0 Å². The van der Waals surface area contributed by atoms with Crippen LogP contribution >= 0.6 is 23.2 Å². The van der Waals surface area contributed by atoms with Crippen molar-refractivity contribution in [2.75, 3.05) is 13.4 Å². The largest absolute Gasteiger partial charge is 0.494 e. The molecule has 19 heavy (non-hydrogen) atoms. The summed E-state index contributed by atoms with van der Waals surface area (Å²) in [7, 11) is -1.99. The van der Waals surface area contributed by atoms with Crippen molar-refractivity contribution in [1.29, 1.82) is 0 Å². The fourth-order valence-corrected chi connectivity index (χ4v) is 3.03. The molecule has 0 aliphatic rings. The zero-order valence-corrected chi connectivity index (χ0v) is 12.4. The lowest BCUT2D eigenvalue weighted by Crippen LogP contribution is -2.10. The fraction of sp³-hybridized carbons (Fsp3) is 0.182. The van der Waals surface area contributed by atoms with Gasteiger partial charge in [0.25, 0.3) is 0 Å². The summed E-state index contributed by atoms with van der Waals surface area (Å²) in [5, 5.41) is 0.570. The van der Waals surface area contributed by atoms with E-state index in [0.29, 0.717) is 11.3 Å². The van der Waals surface area contributed by atoms with Crippen LogP contribution < -0.4 is 4.74 Å². The predicted molar refractivity (Wildman–Crippen MR) is 74.5 cm³/mol. The lowest BCUT2D eigenvalue weighted by atomic mass is 10.2. The van der Waals surface area contributed by atoms with Crippen LogP contribution in [-0.2, 0) is 10.0 Å². The van der Waals surface area contributed by atoms with Gasteiger partial charge in [0.1, 0.15) is 0 Å². The molecule has 1 aromatic carbocycles. The molecule has 5 nitrogen and oxygen atoms in total. The minimum Gasteiger partial charge on any atom is -0.494 e. The molecule has 0 atom stereocenters. The minimum atomic E-state index is -3.44. The van der Waals surface area contributed by atoms with E-state index >= 15 is 0 Å². The summed E-state index contributed by atoms with van der Waals surface area (Å²) in [6, 6.07) is 3.10. The second-order valence-corrected chi connectivity index (χ2v) is 6.46. The number of imidazole rings is 1. The van der Waals surface area contributed by atoms with E-state index in [1.165, 1.54) is 19.5 Å². The van der Waals surface area contributed by atoms with Crippen LogP contribution in [0.2, 0.25) is 10.0 Å². The maximum atomic E-state index is 11.6. The van der Waals surface area contributed by atoms with Crippen LogP contribution in [-0.4, -0.2) is 30.7 Å². The Morgan fingerprint density at radius 3 is 2.32 bits per heavy atom. The van der Waals surface area contributed by atoms with E-state index in [1.807, 2.05) is 0 Å². The summed E-state index contributed by atoms with van der Waals surface area (Å²) < 4.78 is 29.3. The average molecular weight is 321 g/mol. The molecule has 0 aliphatic heterocycles. The van der Waals surface area contributed by atoms with E-state index in [4.69, 9.17) is 27.9 Å². The van der Waals surface area contributed by atoms with Gasteiger partial charge in [0.05, 0.1) is 23.4 Å². The normalized spacial score (nSPS) is 11.6. The van der Waals surface area contributed by atoms with Crippen molar-refractivity contribution in [3.63, 3.8) is 0 Å². The standard InChI is InChI=1S/C11H10Cl2N2O3S/c1-18-10-8(12)5-7(6-9(10)13)11-14-3-4-15(11)19(2,16)17/h3-6H,1-2H3. The number of benzene rings is 1. The molecule has 0 radical (unpaired) electrons. The zero-order valence-electron chi connectivity index (χ0n) is 10.1. The van der Waals surface area contributed by atoms with Gasteiger partial charge in [-0.05, 0) is 12.1 Å². The summed E-state index contributed by atoms with van der Waals surface area (Å²) in [6.45, 7) is 0. The summed E-state index contributed by atoms with van der Waals surface area (Å²) in [5.41, 5.74) is 0.492. The summed E-state index contributed by atoms with van der Waals surface area (Å²) in [5.74, 6) is 0.582. The van der Waals surface area contributed by atoms with Crippen molar-refractivity contribution in [3.8, 4) is 17.1 Å². The minimum absolute atomic E-state index is 0.244. The van der Waals surface area contributed by atoms with Crippen molar-refractivity contribution in [3.05, 3.63) is 34.6 Å². The highest BCUT2D eigenvalue weighted by molar-refractivity contribution is 7.89. The Kier molecular flexibility index (Phi) is 3.75. The Morgan fingerprint density at radius 1 is 1.26 bits per heavy atom. The van der Waals surface area contributed by atoms with Gasteiger partial charge in [0.15, 0.2) is 11.6 Å². The second-order valence-electron chi connectivity index (χ2n) is 3.78. The lowest BCUT2D eigenvalue weighted by Gasteiger charge is -2.09. The molecule has 8 heteroatoms. The number of hydrogen-bond acceptors (Lipinski definition) is 4. The molecule has 0 fully saturated rings. The molecule has 0 saturated carbocycles. The maximum absolute atomic E-state index is 11.6. The smallest absolute Gasteiger partial charge is 0.237 e. The van der Waals surface area contributed by atoms with E-state index in [9.17, 15) is 8.42 Å². The van der Waals surface area contributed by atoms with Gasteiger partial charge in [0, 0.05) is 18.0 Å². The average Bonchev–Trinajstić information content (AvgIpc) is 2.76. The molecular formula is C11H10Cl2N2O3S. The number of methoxy groups -OCH3 is 1. The molecule has 0 unspecified atom stereocenters. The molecule has 102 valence electrons. The van der Waals surface area contributed by atoms with Crippen LogP contribution in [0.25, 0.3) is 11.4 Å². The number of rotatable bonds is 3.